The third-order valence-corrected chi connectivity index (χ3v) is 9.18. The first-order chi connectivity index (χ1) is 20.4. The van der Waals surface area contributed by atoms with Crippen LogP contribution in [0.1, 0.15) is 105 Å². The number of hydrogen-bond acceptors (Lipinski definition) is 3. The Labute approximate surface area is 256 Å². The maximum atomic E-state index is 15.0. The quantitative estimate of drug-likeness (QED) is 0.266. The largest absolute Gasteiger partial charge is 0.390 e. The highest BCUT2D eigenvalue weighted by atomic mass is 19.1. The highest BCUT2D eigenvalue weighted by Gasteiger charge is 2.40. The molecule has 1 aliphatic rings. The van der Waals surface area contributed by atoms with Gasteiger partial charge in [-0.1, -0.05) is 83.1 Å². The highest BCUT2D eigenvalue weighted by Crippen LogP contribution is 2.39. The van der Waals surface area contributed by atoms with Crippen molar-refractivity contribution in [2.75, 3.05) is 11.9 Å². The van der Waals surface area contributed by atoms with Crippen LogP contribution in [0.25, 0.3) is 0 Å². The molecule has 43 heavy (non-hydrogen) atoms. The molecule has 3 aromatic rings. The predicted molar refractivity (Wildman–Crippen MR) is 172 cm³/mol. The molecular formula is C37H47FN2O3. The summed E-state index contributed by atoms with van der Waals surface area (Å²) in [7, 11) is 0. The monoisotopic (exact) mass is 586 g/mol. The molecule has 1 saturated heterocycles. The number of nitrogens with zero attached hydrogens (tertiary/aromatic N) is 1. The number of likely N-dealkylation sites (tertiary alicyclic amines) is 1. The number of hydrogen-bond donors (Lipinski definition) is 2. The second-order valence-corrected chi connectivity index (χ2v) is 13.1. The van der Waals surface area contributed by atoms with Crippen molar-refractivity contribution in [2.24, 2.45) is 5.92 Å². The molecule has 2 amide bonds. The van der Waals surface area contributed by atoms with Crippen LogP contribution in [0.2, 0.25) is 0 Å². The molecule has 6 heteroatoms. The Bertz CT molecular complexity index is 1400. The van der Waals surface area contributed by atoms with Crippen molar-refractivity contribution < 1.29 is 19.1 Å². The van der Waals surface area contributed by atoms with Gasteiger partial charge in [-0.15, -0.1) is 0 Å². The minimum atomic E-state index is -0.684. The van der Waals surface area contributed by atoms with Gasteiger partial charge in [-0.3, -0.25) is 9.59 Å². The molecule has 1 aliphatic heterocycles. The van der Waals surface area contributed by atoms with Crippen LogP contribution in [0.3, 0.4) is 0 Å². The number of aliphatic hydroxyl groups is 1. The lowest BCUT2D eigenvalue weighted by atomic mass is 9.82. The molecule has 0 spiro atoms. The molecule has 1 heterocycles. The van der Waals surface area contributed by atoms with Gasteiger partial charge in [-0.25, -0.2) is 4.39 Å². The van der Waals surface area contributed by atoms with Crippen LogP contribution in [-0.2, 0) is 16.6 Å². The van der Waals surface area contributed by atoms with Crippen molar-refractivity contribution in [3.8, 4) is 0 Å². The number of piperidine rings is 1. The molecule has 4 rings (SSSR count). The van der Waals surface area contributed by atoms with Gasteiger partial charge < -0.3 is 15.3 Å². The number of anilines is 1. The fourth-order valence-electron chi connectivity index (χ4n) is 6.12. The summed E-state index contributed by atoms with van der Waals surface area (Å²) in [5.41, 5.74) is 3.64. The molecular weight excluding hydrogens is 539 g/mol. The zero-order valence-corrected chi connectivity index (χ0v) is 26.5. The van der Waals surface area contributed by atoms with Gasteiger partial charge >= 0.3 is 0 Å². The molecule has 0 radical (unpaired) electrons. The molecule has 0 aliphatic carbocycles. The lowest BCUT2D eigenvalue weighted by Gasteiger charge is -2.41. The Hall–Kier alpha value is -3.51. The van der Waals surface area contributed by atoms with Gasteiger partial charge in [0.2, 0.25) is 5.91 Å². The average Bonchev–Trinajstić information content (AvgIpc) is 2.99. The highest BCUT2D eigenvalue weighted by molar-refractivity contribution is 5.98. The van der Waals surface area contributed by atoms with E-state index in [1.165, 1.54) is 6.07 Å². The lowest BCUT2D eigenvalue weighted by molar-refractivity contribution is -0.123. The van der Waals surface area contributed by atoms with Gasteiger partial charge in [0, 0.05) is 12.2 Å². The number of halogens is 1. The van der Waals surface area contributed by atoms with E-state index in [1.54, 1.807) is 24.0 Å². The van der Waals surface area contributed by atoms with Crippen molar-refractivity contribution in [1.82, 2.24) is 4.90 Å². The number of carbonyl (C=O) groups is 2. The number of aryl methyl sites for hydroxylation is 2. The maximum Gasteiger partial charge on any atom is 0.257 e. The second-order valence-electron chi connectivity index (χ2n) is 13.1. The van der Waals surface area contributed by atoms with Crippen molar-refractivity contribution in [1.29, 1.82) is 0 Å². The molecule has 2 atom stereocenters. The van der Waals surface area contributed by atoms with E-state index in [1.807, 2.05) is 56.3 Å². The summed E-state index contributed by atoms with van der Waals surface area (Å²) in [6, 6.07) is 20.0. The summed E-state index contributed by atoms with van der Waals surface area (Å²) >= 11 is 0. The topological polar surface area (TPSA) is 69.6 Å². The van der Waals surface area contributed by atoms with Gasteiger partial charge in [-0.05, 0) is 91.3 Å². The molecule has 0 bridgehead atoms. The third kappa shape index (κ3) is 7.53. The first-order valence-electron chi connectivity index (χ1n) is 15.7. The molecule has 1 fully saturated rings. The van der Waals surface area contributed by atoms with Gasteiger partial charge in [0.05, 0.1) is 23.1 Å². The SMILES string of the molecule is CCC(O)(CC)CCc1ccc([C@H]2C(C(=O)Nc3cccc(C(C)(C)C)c3)CCCN2C(=O)c2c(C)cccc2F)cc1. The smallest absolute Gasteiger partial charge is 0.257 e. The zero-order chi connectivity index (χ0) is 31.4. The van der Waals surface area contributed by atoms with E-state index in [0.717, 1.165) is 28.8 Å². The molecule has 1 unspecified atom stereocenters. The van der Waals surface area contributed by atoms with E-state index in [4.69, 9.17) is 0 Å². The predicted octanol–water partition coefficient (Wildman–Crippen LogP) is 8.15. The maximum absolute atomic E-state index is 15.0. The van der Waals surface area contributed by atoms with Gasteiger partial charge in [0.1, 0.15) is 5.82 Å². The minimum Gasteiger partial charge on any atom is -0.390 e. The summed E-state index contributed by atoms with van der Waals surface area (Å²) in [5, 5.41) is 13.9. The second kappa shape index (κ2) is 13.4. The number of carbonyl (C=O) groups excluding carboxylic acids is 2. The molecule has 230 valence electrons. The Balaban J connectivity index is 1.68. The Kier molecular flexibility index (Phi) is 10.1. The van der Waals surface area contributed by atoms with E-state index in [9.17, 15) is 14.7 Å². The summed E-state index contributed by atoms with van der Waals surface area (Å²) in [6.45, 7) is 12.6. The molecule has 0 aromatic heterocycles. The Morgan fingerprint density at radius 1 is 1.00 bits per heavy atom. The minimum absolute atomic E-state index is 0.0569. The normalized spacial score (nSPS) is 17.5. The summed E-state index contributed by atoms with van der Waals surface area (Å²) in [4.78, 5) is 29.6. The van der Waals surface area contributed by atoms with Crippen LogP contribution < -0.4 is 5.32 Å². The van der Waals surface area contributed by atoms with Crippen molar-refractivity contribution in [3.05, 3.63) is 100 Å². The summed E-state index contributed by atoms with van der Waals surface area (Å²) in [6.07, 6.45) is 4.04. The first kappa shape index (κ1) is 32.4. The zero-order valence-electron chi connectivity index (χ0n) is 26.5. The fourth-order valence-corrected chi connectivity index (χ4v) is 6.12. The number of rotatable bonds is 9. The number of amides is 2. The first-order valence-corrected chi connectivity index (χ1v) is 15.7. The number of nitrogens with one attached hydrogen (secondary N) is 1. The standard InChI is InChI=1S/C37H47FN2O3/c1-7-37(43,8-2)22-21-26-17-19-27(20-18-26)33-30(34(41)39-29-14-10-13-28(24-29)36(4,5)6)15-11-23-40(33)35(42)32-25(3)12-9-16-31(32)38/h9-10,12-14,16-20,24,30,33,43H,7-8,11,15,21-23H2,1-6H3,(H,39,41)/t30?,33-/m0/s1. The van der Waals surface area contributed by atoms with E-state index < -0.39 is 29.3 Å². The van der Waals surface area contributed by atoms with Crippen LogP contribution in [0, 0.1) is 18.7 Å². The lowest BCUT2D eigenvalue weighted by Crippen LogP contribution is -2.46. The van der Waals surface area contributed by atoms with Crippen molar-refractivity contribution >= 4 is 17.5 Å². The van der Waals surface area contributed by atoms with Gasteiger partial charge in [0.25, 0.3) is 5.91 Å². The van der Waals surface area contributed by atoms with Crippen LogP contribution in [0.4, 0.5) is 10.1 Å². The average molecular weight is 587 g/mol. The van der Waals surface area contributed by atoms with Gasteiger partial charge in [0.15, 0.2) is 0 Å². The van der Waals surface area contributed by atoms with E-state index in [0.29, 0.717) is 44.2 Å². The van der Waals surface area contributed by atoms with E-state index in [2.05, 4.69) is 32.2 Å². The summed E-state index contributed by atoms with van der Waals surface area (Å²) in [5.74, 6) is -1.62. The van der Waals surface area contributed by atoms with E-state index in [-0.39, 0.29) is 16.9 Å². The Morgan fingerprint density at radius 2 is 1.67 bits per heavy atom. The number of benzene rings is 3. The Morgan fingerprint density at radius 3 is 2.30 bits per heavy atom. The van der Waals surface area contributed by atoms with Crippen LogP contribution in [0.15, 0.2) is 66.7 Å². The van der Waals surface area contributed by atoms with Gasteiger partial charge in [-0.2, -0.15) is 0 Å². The fraction of sp³-hybridized carbons (Fsp3) is 0.459. The van der Waals surface area contributed by atoms with E-state index >= 15 is 4.39 Å². The molecule has 3 aromatic carbocycles. The third-order valence-electron chi connectivity index (χ3n) is 9.18. The molecule has 2 N–H and O–H groups in total. The summed E-state index contributed by atoms with van der Waals surface area (Å²) < 4.78 is 15.0. The van der Waals surface area contributed by atoms with Crippen molar-refractivity contribution in [3.63, 3.8) is 0 Å². The van der Waals surface area contributed by atoms with Crippen LogP contribution in [-0.4, -0.2) is 34.0 Å². The molecule has 5 nitrogen and oxygen atoms in total. The van der Waals surface area contributed by atoms with Crippen LogP contribution in [0.5, 0.6) is 0 Å². The van der Waals surface area contributed by atoms with Crippen LogP contribution >= 0.6 is 0 Å². The molecule has 0 saturated carbocycles. The van der Waals surface area contributed by atoms with Crippen molar-refractivity contribution in [2.45, 2.75) is 97.1 Å².